The second-order valence-corrected chi connectivity index (χ2v) is 8.48. The van der Waals surface area contributed by atoms with Gasteiger partial charge in [-0.25, -0.2) is 0 Å². The summed E-state index contributed by atoms with van der Waals surface area (Å²) in [5.41, 5.74) is -1.70. The first-order valence-electron chi connectivity index (χ1n) is 7.76. The number of alkyl halides is 1. The van der Waals surface area contributed by atoms with E-state index in [9.17, 15) is 10.1 Å². The van der Waals surface area contributed by atoms with Gasteiger partial charge in [0.25, 0.3) is 0 Å². The van der Waals surface area contributed by atoms with Gasteiger partial charge in [-0.15, -0.1) is 11.6 Å². The molecule has 2 bridgehead atoms. The van der Waals surface area contributed by atoms with Crippen molar-refractivity contribution in [3.63, 3.8) is 0 Å². The van der Waals surface area contributed by atoms with E-state index in [-0.39, 0.29) is 5.41 Å². The minimum absolute atomic E-state index is 0.121. The number of fused-ring (bicyclic) bond motifs is 2. The van der Waals surface area contributed by atoms with E-state index in [1.54, 1.807) is 0 Å². The van der Waals surface area contributed by atoms with Crippen LogP contribution in [-0.4, -0.2) is 33.7 Å². The lowest BCUT2D eigenvalue weighted by Gasteiger charge is -2.71. The summed E-state index contributed by atoms with van der Waals surface area (Å²) in [7, 11) is -1.02. The number of aliphatic hydroxyl groups is 1. The molecule has 0 saturated heterocycles. The average molecular weight is 303 g/mol. The zero-order valence-corrected chi connectivity index (χ0v) is 14.1. The van der Waals surface area contributed by atoms with Crippen LogP contribution in [0.1, 0.15) is 60.3 Å². The van der Waals surface area contributed by atoms with Crippen LogP contribution >= 0.6 is 11.6 Å². The van der Waals surface area contributed by atoms with Crippen LogP contribution in [0.15, 0.2) is 0 Å². The summed E-state index contributed by atoms with van der Waals surface area (Å²) >= 11 is 6.25. The fourth-order valence-electron chi connectivity index (χ4n) is 4.27. The molecule has 2 N–H and O–H groups in total. The van der Waals surface area contributed by atoms with Gasteiger partial charge in [0.15, 0.2) is 0 Å². The van der Waals surface area contributed by atoms with Crippen LogP contribution in [0.2, 0.25) is 0 Å². The molecule has 0 heterocycles. The third-order valence-corrected chi connectivity index (χ3v) is 6.17. The SMILES string of the molecule is CC(C)C[C@@H](Cl)B(O)O[C@]12CC(CCC1(C)O)C2(C)C. The third kappa shape index (κ3) is 2.33. The van der Waals surface area contributed by atoms with Crippen LogP contribution < -0.4 is 0 Å². The summed E-state index contributed by atoms with van der Waals surface area (Å²) in [6, 6.07) is 0. The van der Waals surface area contributed by atoms with Crippen molar-refractivity contribution in [1.82, 2.24) is 0 Å². The molecular formula is C15H28BClO3. The van der Waals surface area contributed by atoms with Gasteiger partial charge < -0.3 is 14.8 Å². The van der Waals surface area contributed by atoms with Crippen LogP contribution in [0.5, 0.6) is 0 Å². The van der Waals surface area contributed by atoms with Crippen LogP contribution in [0, 0.1) is 17.3 Å². The van der Waals surface area contributed by atoms with Gasteiger partial charge in [0.1, 0.15) is 0 Å². The van der Waals surface area contributed by atoms with E-state index in [0.29, 0.717) is 18.3 Å². The third-order valence-electron chi connectivity index (χ3n) is 5.77. The molecule has 0 amide bonds. The van der Waals surface area contributed by atoms with Gasteiger partial charge in [0, 0.05) is 0 Å². The normalized spacial score (nSPS) is 40.4. The second kappa shape index (κ2) is 5.15. The van der Waals surface area contributed by atoms with Crippen molar-refractivity contribution >= 4 is 18.7 Å². The smallest absolute Gasteiger partial charge is 0.426 e. The van der Waals surface area contributed by atoms with E-state index < -0.39 is 23.6 Å². The molecule has 5 heteroatoms. The van der Waals surface area contributed by atoms with Gasteiger partial charge >= 0.3 is 7.12 Å². The molecule has 116 valence electrons. The average Bonchev–Trinajstić information content (AvgIpc) is 2.29. The van der Waals surface area contributed by atoms with Crippen LogP contribution in [-0.2, 0) is 4.65 Å². The Balaban J connectivity index is 2.13. The van der Waals surface area contributed by atoms with Gasteiger partial charge in [-0.2, -0.15) is 0 Å². The summed E-state index contributed by atoms with van der Waals surface area (Å²) in [5.74, 6) is 0.969. The van der Waals surface area contributed by atoms with Crippen LogP contribution in [0.3, 0.4) is 0 Å². The maximum atomic E-state index is 10.8. The van der Waals surface area contributed by atoms with Crippen molar-refractivity contribution in [2.24, 2.45) is 17.3 Å². The fourth-order valence-corrected chi connectivity index (χ4v) is 4.68. The van der Waals surface area contributed by atoms with E-state index >= 15 is 0 Å². The quantitative estimate of drug-likeness (QED) is 0.606. The van der Waals surface area contributed by atoms with Crippen LogP contribution in [0.4, 0.5) is 0 Å². The van der Waals surface area contributed by atoms with E-state index in [2.05, 4.69) is 27.7 Å². The molecule has 3 fully saturated rings. The van der Waals surface area contributed by atoms with E-state index in [4.69, 9.17) is 16.3 Å². The molecule has 0 radical (unpaired) electrons. The van der Waals surface area contributed by atoms with E-state index in [1.807, 2.05) is 6.92 Å². The van der Waals surface area contributed by atoms with Crippen molar-refractivity contribution in [2.75, 3.05) is 0 Å². The van der Waals surface area contributed by atoms with Gasteiger partial charge in [0.2, 0.25) is 0 Å². The zero-order valence-electron chi connectivity index (χ0n) is 13.3. The molecule has 20 heavy (non-hydrogen) atoms. The maximum absolute atomic E-state index is 10.8. The molecule has 3 saturated carbocycles. The lowest BCUT2D eigenvalue weighted by atomic mass is 9.40. The standard InChI is InChI=1S/C15H28BClO3/c1-10(2)8-12(17)16(19)20-15-9-11(13(15,3)4)6-7-14(15,5)18/h10-12,18-19H,6-9H2,1-5H3/t11?,12-,14?,15+/m1/s1. The summed E-state index contributed by atoms with van der Waals surface area (Å²) < 4.78 is 6.01. The van der Waals surface area contributed by atoms with Crippen molar-refractivity contribution in [1.29, 1.82) is 0 Å². The molecule has 3 rings (SSSR count). The van der Waals surface area contributed by atoms with Crippen molar-refractivity contribution in [3.05, 3.63) is 0 Å². The second-order valence-electron chi connectivity index (χ2n) is 7.92. The van der Waals surface area contributed by atoms with Crippen LogP contribution in [0.25, 0.3) is 0 Å². The lowest BCUT2D eigenvalue weighted by Crippen LogP contribution is -2.77. The molecule has 0 aromatic rings. The summed E-state index contributed by atoms with van der Waals surface area (Å²) in [6.07, 6.45) is 3.27. The summed E-state index contributed by atoms with van der Waals surface area (Å²) in [6.45, 7) is 10.2. The Hall–Kier alpha value is 0.235. The molecule has 0 aliphatic heterocycles. The van der Waals surface area contributed by atoms with Crippen molar-refractivity contribution in [3.8, 4) is 0 Å². The Kier molecular flexibility index (Phi) is 4.28. The molecule has 4 atom stereocenters. The lowest BCUT2D eigenvalue weighted by molar-refractivity contribution is -0.304. The number of halogens is 1. The first kappa shape index (κ1) is 16.6. The molecule has 3 aliphatic rings. The molecular weight excluding hydrogens is 274 g/mol. The van der Waals surface area contributed by atoms with Gasteiger partial charge in [-0.05, 0) is 49.9 Å². The van der Waals surface area contributed by atoms with Gasteiger partial charge in [-0.3, -0.25) is 0 Å². The highest BCUT2D eigenvalue weighted by Gasteiger charge is 2.71. The first-order chi connectivity index (χ1) is 9.03. The first-order valence-corrected chi connectivity index (χ1v) is 8.19. The van der Waals surface area contributed by atoms with E-state index in [1.165, 1.54) is 0 Å². The number of hydrogen-bond donors (Lipinski definition) is 2. The highest BCUT2D eigenvalue weighted by molar-refractivity contribution is 6.58. The Morgan fingerprint density at radius 2 is 1.95 bits per heavy atom. The highest BCUT2D eigenvalue weighted by atomic mass is 35.5. The van der Waals surface area contributed by atoms with Gasteiger partial charge in [0.05, 0.1) is 16.5 Å². The molecule has 2 unspecified atom stereocenters. The molecule has 3 aliphatic carbocycles. The van der Waals surface area contributed by atoms with Crippen molar-refractivity contribution < 1.29 is 14.8 Å². The molecule has 3 nitrogen and oxygen atoms in total. The Morgan fingerprint density at radius 3 is 2.40 bits per heavy atom. The minimum Gasteiger partial charge on any atom is -0.426 e. The minimum atomic E-state index is -1.02. The highest BCUT2D eigenvalue weighted by Crippen LogP contribution is 2.67. The Bertz CT molecular complexity index is 362. The molecule has 0 aromatic carbocycles. The number of hydrogen-bond acceptors (Lipinski definition) is 3. The van der Waals surface area contributed by atoms with Gasteiger partial charge in [-0.1, -0.05) is 27.7 Å². The molecule has 0 spiro atoms. The maximum Gasteiger partial charge on any atom is 0.473 e. The largest absolute Gasteiger partial charge is 0.473 e. The van der Waals surface area contributed by atoms with Crippen molar-refractivity contribution in [2.45, 2.75) is 76.8 Å². The predicted octanol–water partition coefficient (Wildman–Crippen LogP) is 3.01. The molecule has 0 aromatic heterocycles. The summed E-state index contributed by atoms with van der Waals surface area (Å²) in [5, 5.41) is 20.7. The zero-order chi connectivity index (χ0) is 15.3. The topological polar surface area (TPSA) is 49.7 Å². The predicted molar refractivity (Wildman–Crippen MR) is 82.6 cm³/mol. The Labute approximate surface area is 128 Å². The number of rotatable bonds is 5. The fraction of sp³-hybridized carbons (Fsp3) is 1.00. The summed E-state index contributed by atoms with van der Waals surface area (Å²) in [4.78, 5) is 0. The Morgan fingerprint density at radius 1 is 1.35 bits per heavy atom. The monoisotopic (exact) mass is 302 g/mol. The van der Waals surface area contributed by atoms with E-state index in [0.717, 1.165) is 19.3 Å².